The van der Waals surface area contributed by atoms with E-state index < -0.39 is 13.9 Å². The minimum absolute atomic E-state index is 0.0900. The van der Waals surface area contributed by atoms with Crippen LogP contribution in [0.15, 0.2) is 0 Å². The molecule has 0 fully saturated rings. The van der Waals surface area contributed by atoms with E-state index in [-0.39, 0.29) is 32.3 Å². The predicted molar refractivity (Wildman–Crippen MR) is 224 cm³/mol. The first kappa shape index (κ1) is 52.5. The second-order valence-corrected chi connectivity index (χ2v) is 17.1. The summed E-state index contributed by atoms with van der Waals surface area (Å²) >= 11 is 0. The van der Waals surface area contributed by atoms with Crippen molar-refractivity contribution in [1.29, 1.82) is 0 Å². The summed E-state index contributed by atoms with van der Waals surface area (Å²) in [4.78, 5) is 22.5. The van der Waals surface area contributed by atoms with Crippen LogP contribution in [0.1, 0.15) is 239 Å². The van der Waals surface area contributed by atoms with E-state index in [9.17, 15) is 14.3 Å². The van der Waals surface area contributed by atoms with Gasteiger partial charge in [-0.15, -0.1) is 0 Å². The molecular formula is C44H90NO7P. The number of esters is 1. The highest BCUT2D eigenvalue weighted by atomic mass is 31.2. The summed E-state index contributed by atoms with van der Waals surface area (Å²) < 4.78 is 33.5. The molecule has 0 aromatic heterocycles. The number of rotatable bonds is 45. The summed E-state index contributed by atoms with van der Waals surface area (Å²) in [5.74, 6) is -0.322. The molecule has 0 aliphatic carbocycles. The lowest BCUT2D eigenvalue weighted by Gasteiger charge is -2.20. The predicted octanol–water partition coefficient (Wildman–Crippen LogP) is 13.7. The van der Waals surface area contributed by atoms with E-state index in [4.69, 9.17) is 24.3 Å². The maximum Gasteiger partial charge on any atom is 0.472 e. The Morgan fingerprint density at radius 3 is 1.19 bits per heavy atom. The molecule has 0 amide bonds. The molecule has 2 atom stereocenters. The maximum atomic E-state index is 12.6. The average Bonchev–Trinajstić information content (AvgIpc) is 3.15. The van der Waals surface area contributed by atoms with Gasteiger partial charge in [-0.1, -0.05) is 219 Å². The van der Waals surface area contributed by atoms with Crippen LogP contribution >= 0.6 is 7.82 Å². The van der Waals surface area contributed by atoms with E-state index in [1.165, 1.54) is 186 Å². The van der Waals surface area contributed by atoms with Gasteiger partial charge in [-0.2, -0.15) is 0 Å². The first-order valence-corrected chi connectivity index (χ1v) is 24.5. The fraction of sp³-hybridized carbons (Fsp3) is 0.977. The van der Waals surface area contributed by atoms with Gasteiger partial charge in [-0.3, -0.25) is 13.8 Å². The molecule has 3 N–H and O–H groups in total. The van der Waals surface area contributed by atoms with Gasteiger partial charge >= 0.3 is 13.8 Å². The fourth-order valence-corrected chi connectivity index (χ4v) is 7.65. The summed E-state index contributed by atoms with van der Waals surface area (Å²) in [5, 5.41) is 0. The summed E-state index contributed by atoms with van der Waals surface area (Å²) in [7, 11) is -4.27. The molecule has 0 aromatic carbocycles. The molecule has 0 radical (unpaired) electrons. The largest absolute Gasteiger partial charge is 0.472 e. The van der Waals surface area contributed by atoms with Gasteiger partial charge in [0.05, 0.1) is 19.8 Å². The fourth-order valence-electron chi connectivity index (χ4n) is 6.88. The lowest BCUT2D eigenvalue weighted by Crippen LogP contribution is -2.28. The third kappa shape index (κ3) is 42.5. The Morgan fingerprint density at radius 2 is 0.830 bits per heavy atom. The van der Waals surface area contributed by atoms with E-state index in [1.54, 1.807) is 0 Å². The summed E-state index contributed by atoms with van der Waals surface area (Å²) in [5.41, 5.74) is 5.37. The molecule has 318 valence electrons. The quantitative estimate of drug-likeness (QED) is 0.0357. The lowest BCUT2D eigenvalue weighted by atomic mass is 10.0. The van der Waals surface area contributed by atoms with Crippen LogP contribution < -0.4 is 5.73 Å². The van der Waals surface area contributed by atoms with Gasteiger partial charge in [-0.25, -0.2) is 4.57 Å². The third-order valence-corrected chi connectivity index (χ3v) is 11.3. The standard InChI is InChI=1S/C44H90NO7P/c1-3-5-7-9-11-13-15-17-19-20-21-22-23-24-25-27-29-31-33-35-37-44(46)52-43(42-51-53(47,48)50-40-38-45)41-49-39-36-34-32-30-28-26-18-16-14-12-10-8-6-4-2/h43H,3-42,45H2,1-2H3,(H,47,48)/t43-/m1/s1. The van der Waals surface area contributed by atoms with E-state index in [0.717, 1.165) is 32.1 Å². The second kappa shape index (κ2) is 42.6. The van der Waals surface area contributed by atoms with Crippen LogP contribution in [-0.2, 0) is 27.9 Å². The van der Waals surface area contributed by atoms with Gasteiger partial charge in [0, 0.05) is 19.6 Å². The zero-order valence-corrected chi connectivity index (χ0v) is 36.2. The van der Waals surface area contributed by atoms with Crippen LogP contribution in [0.5, 0.6) is 0 Å². The van der Waals surface area contributed by atoms with Crippen molar-refractivity contribution in [2.24, 2.45) is 5.73 Å². The minimum atomic E-state index is -4.27. The van der Waals surface area contributed by atoms with Crippen molar-refractivity contribution in [2.45, 2.75) is 245 Å². The first-order valence-electron chi connectivity index (χ1n) is 23.0. The Hall–Kier alpha value is -0.500. The van der Waals surface area contributed by atoms with Gasteiger partial charge < -0.3 is 20.1 Å². The Bertz CT molecular complexity index is 787. The van der Waals surface area contributed by atoms with Crippen molar-refractivity contribution in [3.63, 3.8) is 0 Å². The minimum Gasteiger partial charge on any atom is -0.457 e. The molecule has 0 heterocycles. The number of ether oxygens (including phenoxy) is 2. The molecule has 0 spiro atoms. The molecule has 0 aromatic rings. The molecule has 53 heavy (non-hydrogen) atoms. The molecule has 0 rings (SSSR count). The van der Waals surface area contributed by atoms with Crippen LogP contribution in [0.25, 0.3) is 0 Å². The monoisotopic (exact) mass is 776 g/mol. The van der Waals surface area contributed by atoms with Crippen LogP contribution in [-0.4, -0.2) is 49.9 Å². The highest BCUT2D eigenvalue weighted by molar-refractivity contribution is 7.47. The summed E-state index contributed by atoms with van der Waals surface area (Å²) in [6, 6.07) is 0. The molecule has 0 bridgehead atoms. The van der Waals surface area contributed by atoms with Crippen molar-refractivity contribution in [3.8, 4) is 0 Å². The van der Waals surface area contributed by atoms with Crippen molar-refractivity contribution in [2.75, 3.05) is 33.0 Å². The number of nitrogens with two attached hydrogens (primary N) is 1. The second-order valence-electron chi connectivity index (χ2n) is 15.6. The number of unbranched alkanes of at least 4 members (excludes halogenated alkanes) is 32. The van der Waals surface area contributed by atoms with Gasteiger partial charge in [0.15, 0.2) is 0 Å². The topological polar surface area (TPSA) is 117 Å². The average molecular weight is 776 g/mol. The maximum absolute atomic E-state index is 12.6. The van der Waals surface area contributed by atoms with Crippen LogP contribution in [0.4, 0.5) is 0 Å². The van der Waals surface area contributed by atoms with Gasteiger partial charge in [-0.05, 0) is 12.8 Å². The number of carbonyl (C=O) groups is 1. The smallest absolute Gasteiger partial charge is 0.457 e. The van der Waals surface area contributed by atoms with Crippen LogP contribution in [0.2, 0.25) is 0 Å². The molecule has 0 saturated carbocycles. The third-order valence-electron chi connectivity index (χ3n) is 10.3. The highest BCUT2D eigenvalue weighted by Gasteiger charge is 2.25. The number of hydrogen-bond acceptors (Lipinski definition) is 7. The molecular weight excluding hydrogens is 685 g/mol. The summed E-state index contributed by atoms with van der Waals surface area (Å²) in [6.07, 6.45) is 44.1. The van der Waals surface area contributed by atoms with Gasteiger partial charge in [0.2, 0.25) is 0 Å². The van der Waals surface area contributed by atoms with Crippen molar-refractivity contribution >= 4 is 13.8 Å². The number of hydrogen-bond donors (Lipinski definition) is 2. The Labute approximate surface area is 329 Å². The Morgan fingerprint density at radius 1 is 0.491 bits per heavy atom. The molecule has 0 saturated heterocycles. The van der Waals surface area contributed by atoms with E-state index >= 15 is 0 Å². The molecule has 0 aliphatic heterocycles. The molecule has 9 heteroatoms. The van der Waals surface area contributed by atoms with E-state index in [0.29, 0.717) is 13.0 Å². The molecule has 1 unspecified atom stereocenters. The number of phosphoric acid groups is 1. The molecule has 8 nitrogen and oxygen atoms in total. The summed E-state index contributed by atoms with van der Waals surface area (Å²) in [6.45, 7) is 4.99. The van der Waals surface area contributed by atoms with Crippen molar-refractivity contribution < 1.29 is 32.8 Å². The van der Waals surface area contributed by atoms with E-state index in [2.05, 4.69) is 13.8 Å². The van der Waals surface area contributed by atoms with Crippen molar-refractivity contribution in [1.82, 2.24) is 0 Å². The first-order chi connectivity index (χ1) is 25.9. The normalized spacial score (nSPS) is 13.4. The van der Waals surface area contributed by atoms with Crippen LogP contribution in [0.3, 0.4) is 0 Å². The SMILES string of the molecule is CCCCCCCCCCCCCCCCCCCCCCC(=O)O[C@H](COCCCCCCCCCCCCCCCC)COP(=O)(O)OCCN. The van der Waals surface area contributed by atoms with Crippen LogP contribution in [0, 0.1) is 0 Å². The highest BCUT2D eigenvalue weighted by Crippen LogP contribution is 2.43. The van der Waals surface area contributed by atoms with E-state index in [1.807, 2.05) is 0 Å². The Balaban J connectivity index is 3.92. The number of carbonyl (C=O) groups excluding carboxylic acids is 1. The lowest BCUT2D eigenvalue weighted by molar-refractivity contribution is -0.154. The molecule has 0 aliphatic rings. The Kier molecular flexibility index (Phi) is 42.2. The zero-order chi connectivity index (χ0) is 38.8. The van der Waals surface area contributed by atoms with Gasteiger partial charge in [0.1, 0.15) is 6.10 Å². The number of phosphoric ester groups is 1. The zero-order valence-electron chi connectivity index (χ0n) is 35.3. The van der Waals surface area contributed by atoms with Gasteiger partial charge in [0.25, 0.3) is 0 Å². The van der Waals surface area contributed by atoms with Crippen molar-refractivity contribution in [3.05, 3.63) is 0 Å².